The molecule has 1 N–H and O–H groups in total. The van der Waals surface area contributed by atoms with Gasteiger partial charge >= 0.3 is 0 Å². The fraction of sp³-hybridized carbons (Fsp3) is 1.00. The van der Waals surface area contributed by atoms with Crippen LogP contribution in [-0.4, -0.2) is 42.8 Å². The number of hydrogen-bond donors (Lipinski definition) is 1. The van der Waals surface area contributed by atoms with Crippen molar-refractivity contribution in [1.29, 1.82) is 0 Å². The summed E-state index contributed by atoms with van der Waals surface area (Å²) in [6, 6.07) is -0.151. The first kappa shape index (κ1) is 9.95. The molecule has 0 radical (unpaired) electrons. The highest BCUT2D eigenvalue weighted by atomic mass is 32.2. The molecule has 0 aliphatic carbocycles. The van der Waals surface area contributed by atoms with Gasteiger partial charge in [-0.3, -0.25) is 0 Å². The lowest BCUT2D eigenvalue weighted by atomic mass is 10.1. The molecule has 1 aliphatic rings. The van der Waals surface area contributed by atoms with Crippen LogP contribution in [0.5, 0.6) is 0 Å². The Labute approximate surface area is 73.2 Å². The highest BCUT2D eigenvalue weighted by Gasteiger charge is 2.35. The van der Waals surface area contributed by atoms with Gasteiger partial charge in [-0.15, -0.1) is 0 Å². The smallest absolute Gasteiger partial charge is 0.214 e. The third kappa shape index (κ3) is 1.78. The van der Waals surface area contributed by atoms with Gasteiger partial charge in [0.25, 0.3) is 0 Å². The summed E-state index contributed by atoms with van der Waals surface area (Å²) >= 11 is 0. The lowest BCUT2D eigenvalue weighted by Crippen LogP contribution is -2.53. The minimum absolute atomic E-state index is 0.0526. The molecule has 1 unspecified atom stereocenters. The van der Waals surface area contributed by atoms with Crippen molar-refractivity contribution in [3.05, 3.63) is 0 Å². The van der Waals surface area contributed by atoms with Gasteiger partial charge in [0.1, 0.15) is 0 Å². The van der Waals surface area contributed by atoms with E-state index in [9.17, 15) is 8.42 Å². The van der Waals surface area contributed by atoms with Gasteiger partial charge in [-0.25, -0.2) is 8.42 Å². The topological polar surface area (TPSA) is 57.6 Å². The second-order valence-electron chi connectivity index (χ2n) is 3.05. The van der Waals surface area contributed by atoms with Crippen LogP contribution >= 0.6 is 0 Å². The van der Waals surface area contributed by atoms with E-state index in [0.717, 1.165) is 6.42 Å². The molecule has 0 saturated carbocycles. The number of rotatable bonds is 4. The van der Waals surface area contributed by atoms with E-state index in [0.29, 0.717) is 13.0 Å². The van der Waals surface area contributed by atoms with E-state index in [-0.39, 0.29) is 18.4 Å². The highest BCUT2D eigenvalue weighted by molar-refractivity contribution is 7.89. The molecular weight excluding hydrogens is 178 g/mol. The van der Waals surface area contributed by atoms with Gasteiger partial charge in [-0.05, 0) is 12.8 Å². The van der Waals surface area contributed by atoms with Crippen LogP contribution in [0, 0.1) is 0 Å². The van der Waals surface area contributed by atoms with Crippen LogP contribution in [0.2, 0.25) is 0 Å². The molecule has 5 heteroatoms. The average molecular weight is 193 g/mol. The molecular formula is C7H15NO3S. The summed E-state index contributed by atoms with van der Waals surface area (Å²) in [5, 5.41) is 8.78. The molecule has 0 bridgehead atoms. The van der Waals surface area contributed by atoms with E-state index in [2.05, 4.69) is 0 Å². The molecule has 0 aromatic heterocycles. The predicted molar refractivity (Wildman–Crippen MR) is 46.3 cm³/mol. The van der Waals surface area contributed by atoms with Gasteiger partial charge in [0.05, 0.1) is 12.4 Å². The summed E-state index contributed by atoms with van der Waals surface area (Å²) in [6.45, 7) is 2.36. The zero-order valence-corrected chi connectivity index (χ0v) is 8.05. The Morgan fingerprint density at radius 1 is 1.58 bits per heavy atom. The maximum absolute atomic E-state index is 11.4. The minimum Gasteiger partial charge on any atom is -0.395 e. The van der Waals surface area contributed by atoms with E-state index in [1.165, 1.54) is 4.31 Å². The normalized spacial score (nSPS) is 25.3. The molecule has 0 spiro atoms. The molecule has 1 rings (SSSR count). The van der Waals surface area contributed by atoms with Gasteiger partial charge in [0.2, 0.25) is 10.0 Å². The van der Waals surface area contributed by atoms with E-state index in [1.807, 2.05) is 6.92 Å². The van der Waals surface area contributed by atoms with Crippen molar-refractivity contribution in [2.24, 2.45) is 0 Å². The fourth-order valence-electron chi connectivity index (χ4n) is 1.34. The molecule has 1 saturated heterocycles. The number of sulfonamides is 1. The molecule has 12 heavy (non-hydrogen) atoms. The van der Waals surface area contributed by atoms with Crippen LogP contribution < -0.4 is 0 Å². The number of aliphatic hydroxyl groups excluding tert-OH is 1. The molecule has 0 amide bonds. The van der Waals surface area contributed by atoms with Crippen LogP contribution in [0.3, 0.4) is 0 Å². The van der Waals surface area contributed by atoms with Gasteiger partial charge in [0, 0.05) is 12.6 Å². The van der Waals surface area contributed by atoms with Crippen LogP contribution in [0.25, 0.3) is 0 Å². The fourth-order valence-corrected chi connectivity index (χ4v) is 3.10. The summed E-state index contributed by atoms with van der Waals surface area (Å²) in [5.74, 6) is 0.198. The lowest BCUT2D eigenvalue weighted by Gasteiger charge is -2.38. The first-order valence-electron chi connectivity index (χ1n) is 4.22. The zero-order valence-electron chi connectivity index (χ0n) is 7.23. The van der Waals surface area contributed by atoms with Gasteiger partial charge in [-0.1, -0.05) is 6.92 Å². The summed E-state index contributed by atoms with van der Waals surface area (Å²) in [7, 11) is -3.06. The average Bonchev–Trinajstić information content (AvgIpc) is 1.83. The van der Waals surface area contributed by atoms with E-state index in [1.54, 1.807) is 0 Å². The monoisotopic (exact) mass is 193 g/mol. The van der Waals surface area contributed by atoms with E-state index < -0.39 is 10.0 Å². The molecule has 1 fully saturated rings. The van der Waals surface area contributed by atoms with Crippen molar-refractivity contribution < 1.29 is 13.5 Å². The molecule has 1 heterocycles. The number of nitrogens with zero attached hydrogens (tertiary/aromatic N) is 1. The van der Waals surface area contributed by atoms with Crippen LogP contribution in [-0.2, 0) is 10.0 Å². The summed E-state index contributed by atoms with van der Waals surface area (Å²) in [6.07, 6.45) is 1.43. The molecule has 72 valence electrons. The summed E-state index contributed by atoms with van der Waals surface area (Å²) in [4.78, 5) is 0. The molecule has 1 atom stereocenters. The maximum atomic E-state index is 11.4. The van der Waals surface area contributed by atoms with E-state index in [4.69, 9.17) is 5.11 Å². The largest absolute Gasteiger partial charge is 0.395 e. The second-order valence-corrected chi connectivity index (χ2v) is 5.09. The molecule has 4 nitrogen and oxygen atoms in total. The molecule has 1 aliphatic heterocycles. The number of hydrogen-bond acceptors (Lipinski definition) is 3. The Bertz CT molecular complexity index is 235. The molecule has 0 aromatic carbocycles. The van der Waals surface area contributed by atoms with Crippen molar-refractivity contribution in [1.82, 2.24) is 4.31 Å². The summed E-state index contributed by atoms with van der Waals surface area (Å²) in [5.41, 5.74) is 0. The van der Waals surface area contributed by atoms with Gasteiger partial charge in [-0.2, -0.15) is 4.31 Å². The Morgan fingerprint density at radius 2 is 2.25 bits per heavy atom. The quantitative estimate of drug-likeness (QED) is 0.672. The second kappa shape index (κ2) is 3.72. The van der Waals surface area contributed by atoms with Gasteiger partial charge in [0.15, 0.2) is 0 Å². The highest BCUT2D eigenvalue weighted by Crippen LogP contribution is 2.21. The predicted octanol–water partition coefficient (Wildman–Crippen LogP) is -0.207. The van der Waals surface area contributed by atoms with E-state index >= 15 is 0 Å². The van der Waals surface area contributed by atoms with Crippen molar-refractivity contribution in [2.75, 3.05) is 18.9 Å². The van der Waals surface area contributed by atoms with Crippen LogP contribution in [0.1, 0.15) is 19.8 Å². The standard InChI is InChI=1S/C7H15NO3S/c1-2-5-12(10,11)8-4-3-7(8)6-9/h7,9H,2-6H2,1H3. The maximum Gasteiger partial charge on any atom is 0.214 e. The molecule has 0 aromatic rings. The van der Waals surface area contributed by atoms with Crippen molar-refractivity contribution in [3.63, 3.8) is 0 Å². The minimum atomic E-state index is -3.06. The van der Waals surface area contributed by atoms with Crippen LogP contribution in [0.4, 0.5) is 0 Å². The zero-order chi connectivity index (χ0) is 9.19. The lowest BCUT2D eigenvalue weighted by molar-refractivity contribution is 0.116. The Kier molecular flexibility index (Phi) is 3.09. The van der Waals surface area contributed by atoms with Crippen molar-refractivity contribution in [3.8, 4) is 0 Å². The SMILES string of the molecule is CCCS(=O)(=O)N1CCC1CO. The summed E-state index contributed by atoms with van der Waals surface area (Å²) < 4.78 is 24.2. The Hall–Kier alpha value is -0.130. The third-order valence-corrected chi connectivity index (χ3v) is 4.24. The van der Waals surface area contributed by atoms with Crippen LogP contribution in [0.15, 0.2) is 0 Å². The first-order valence-corrected chi connectivity index (χ1v) is 5.83. The Balaban J connectivity index is 2.57. The Morgan fingerprint density at radius 3 is 2.58 bits per heavy atom. The third-order valence-electron chi connectivity index (χ3n) is 2.12. The number of aliphatic hydroxyl groups is 1. The first-order chi connectivity index (χ1) is 5.61. The van der Waals surface area contributed by atoms with Gasteiger partial charge < -0.3 is 5.11 Å². The van der Waals surface area contributed by atoms with Crippen molar-refractivity contribution >= 4 is 10.0 Å². The van der Waals surface area contributed by atoms with Crippen molar-refractivity contribution in [2.45, 2.75) is 25.8 Å².